The van der Waals surface area contributed by atoms with Crippen molar-refractivity contribution in [1.29, 1.82) is 0 Å². The molecular formula is C14H11Cl3O. The van der Waals surface area contributed by atoms with Gasteiger partial charge in [-0.3, -0.25) is 0 Å². The van der Waals surface area contributed by atoms with Crippen LogP contribution in [0.15, 0.2) is 42.5 Å². The van der Waals surface area contributed by atoms with Crippen LogP contribution in [0, 0.1) is 0 Å². The molecule has 0 fully saturated rings. The minimum atomic E-state index is -0.610. The lowest BCUT2D eigenvalue weighted by atomic mass is 10.0. The van der Waals surface area contributed by atoms with Gasteiger partial charge in [0.05, 0.1) is 16.1 Å². The quantitative estimate of drug-likeness (QED) is 0.853. The van der Waals surface area contributed by atoms with Crippen molar-refractivity contribution < 1.29 is 5.11 Å². The molecule has 0 heterocycles. The van der Waals surface area contributed by atoms with Crippen LogP contribution in [0.5, 0.6) is 0 Å². The summed E-state index contributed by atoms with van der Waals surface area (Å²) < 4.78 is 0. The summed E-state index contributed by atoms with van der Waals surface area (Å²) in [5.74, 6) is 0. The number of halogens is 3. The highest BCUT2D eigenvalue weighted by atomic mass is 35.5. The van der Waals surface area contributed by atoms with E-state index in [4.69, 9.17) is 34.8 Å². The molecule has 94 valence electrons. The summed E-state index contributed by atoms with van der Waals surface area (Å²) in [7, 11) is 0. The maximum Gasteiger partial charge on any atom is 0.0830 e. The Morgan fingerprint density at radius 3 is 2.17 bits per heavy atom. The van der Waals surface area contributed by atoms with Crippen molar-refractivity contribution in [3.8, 4) is 0 Å². The zero-order chi connectivity index (χ0) is 13.1. The Hall–Kier alpha value is -0.730. The second kappa shape index (κ2) is 5.94. The highest BCUT2D eigenvalue weighted by Gasteiger charge is 2.10. The van der Waals surface area contributed by atoms with Crippen molar-refractivity contribution in [2.45, 2.75) is 12.5 Å². The van der Waals surface area contributed by atoms with E-state index >= 15 is 0 Å². The van der Waals surface area contributed by atoms with Crippen molar-refractivity contribution >= 4 is 34.8 Å². The summed E-state index contributed by atoms with van der Waals surface area (Å²) in [6.07, 6.45) is -0.101. The number of aliphatic hydroxyl groups is 1. The third-order valence-electron chi connectivity index (χ3n) is 2.67. The predicted molar refractivity (Wildman–Crippen MR) is 76.6 cm³/mol. The Balaban J connectivity index is 2.13. The zero-order valence-electron chi connectivity index (χ0n) is 9.41. The summed E-state index contributed by atoms with van der Waals surface area (Å²) in [6.45, 7) is 0. The summed E-state index contributed by atoms with van der Waals surface area (Å²) in [5.41, 5.74) is 1.76. The molecule has 0 aliphatic carbocycles. The molecule has 0 radical (unpaired) electrons. The van der Waals surface area contributed by atoms with E-state index in [9.17, 15) is 5.11 Å². The van der Waals surface area contributed by atoms with Crippen molar-refractivity contribution in [1.82, 2.24) is 0 Å². The molecule has 2 rings (SSSR count). The SMILES string of the molecule is OC(Cc1ccc(Cl)cc1)c1ccc(Cl)c(Cl)c1. The predicted octanol–water partition coefficient (Wildman–Crippen LogP) is 4.92. The van der Waals surface area contributed by atoms with E-state index < -0.39 is 6.10 Å². The molecule has 1 N–H and O–H groups in total. The molecule has 0 spiro atoms. The van der Waals surface area contributed by atoms with Crippen LogP contribution in [0.1, 0.15) is 17.2 Å². The van der Waals surface area contributed by atoms with Gasteiger partial charge in [-0.15, -0.1) is 0 Å². The monoisotopic (exact) mass is 300 g/mol. The number of rotatable bonds is 3. The number of hydrogen-bond donors (Lipinski definition) is 1. The first-order valence-corrected chi connectivity index (χ1v) is 6.57. The van der Waals surface area contributed by atoms with Gasteiger partial charge < -0.3 is 5.11 Å². The second-order valence-corrected chi connectivity index (χ2v) is 5.27. The highest BCUT2D eigenvalue weighted by Crippen LogP contribution is 2.27. The Kier molecular flexibility index (Phi) is 4.52. The molecule has 0 bridgehead atoms. The fourth-order valence-electron chi connectivity index (χ4n) is 1.68. The fraction of sp³-hybridized carbons (Fsp3) is 0.143. The van der Waals surface area contributed by atoms with Gasteiger partial charge in [-0.05, 0) is 35.4 Å². The van der Waals surface area contributed by atoms with Crippen LogP contribution < -0.4 is 0 Å². The van der Waals surface area contributed by atoms with E-state index in [0.717, 1.165) is 11.1 Å². The third-order valence-corrected chi connectivity index (χ3v) is 3.66. The molecule has 18 heavy (non-hydrogen) atoms. The number of hydrogen-bond acceptors (Lipinski definition) is 1. The van der Waals surface area contributed by atoms with E-state index in [1.807, 2.05) is 12.1 Å². The van der Waals surface area contributed by atoms with Crippen molar-refractivity contribution in [3.05, 3.63) is 68.7 Å². The Bertz CT molecular complexity index is 537. The molecule has 1 atom stereocenters. The Morgan fingerprint density at radius 2 is 1.56 bits per heavy atom. The Morgan fingerprint density at radius 1 is 0.889 bits per heavy atom. The third kappa shape index (κ3) is 3.39. The first kappa shape index (κ1) is 13.7. The van der Waals surface area contributed by atoms with Gasteiger partial charge in [-0.25, -0.2) is 0 Å². The minimum Gasteiger partial charge on any atom is -0.388 e. The summed E-state index contributed by atoms with van der Waals surface area (Å²) in [4.78, 5) is 0. The summed E-state index contributed by atoms with van der Waals surface area (Å²) >= 11 is 17.6. The molecule has 0 aromatic heterocycles. The van der Waals surface area contributed by atoms with Gasteiger partial charge in [-0.2, -0.15) is 0 Å². The minimum absolute atomic E-state index is 0.448. The van der Waals surface area contributed by atoms with Crippen LogP contribution in [0.2, 0.25) is 15.1 Å². The first-order valence-electron chi connectivity index (χ1n) is 5.44. The lowest BCUT2D eigenvalue weighted by Crippen LogP contribution is -2.01. The van der Waals surface area contributed by atoms with Gasteiger partial charge >= 0.3 is 0 Å². The summed E-state index contributed by atoms with van der Waals surface area (Å²) in [6, 6.07) is 12.5. The van der Waals surface area contributed by atoms with E-state index in [1.54, 1.807) is 30.3 Å². The van der Waals surface area contributed by atoms with E-state index in [0.29, 0.717) is 21.5 Å². The van der Waals surface area contributed by atoms with Gasteiger partial charge in [0.25, 0.3) is 0 Å². The second-order valence-electron chi connectivity index (χ2n) is 4.02. The average molecular weight is 302 g/mol. The molecule has 0 saturated carbocycles. The van der Waals surface area contributed by atoms with Gasteiger partial charge in [0.15, 0.2) is 0 Å². The molecule has 2 aromatic rings. The van der Waals surface area contributed by atoms with Crippen LogP contribution in [0.3, 0.4) is 0 Å². The van der Waals surface area contributed by atoms with Crippen LogP contribution in [-0.2, 0) is 6.42 Å². The molecule has 0 saturated heterocycles. The van der Waals surface area contributed by atoms with Gasteiger partial charge in [0.1, 0.15) is 0 Å². The first-order chi connectivity index (χ1) is 8.56. The standard InChI is InChI=1S/C14H11Cl3O/c15-11-4-1-9(2-5-11)7-14(18)10-3-6-12(16)13(17)8-10/h1-6,8,14,18H,7H2. The molecular weight excluding hydrogens is 291 g/mol. The van der Waals surface area contributed by atoms with Crippen molar-refractivity contribution in [3.63, 3.8) is 0 Å². The smallest absolute Gasteiger partial charge is 0.0830 e. The fourth-order valence-corrected chi connectivity index (χ4v) is 2.11. The van der Waals surface area contributed by atoms with Gasteiger partial charge in [0.2, 0.25) is 0 Å². The van der Waals surface area contributed by atoms with Crippen LogP contribution >= 0.6 is 34.8 Å². The van der Waals surface area contributed by atoms with Crippen molar-refractivity contribution in [2.24, 2.45) is 0 Å². The summed E-state index contributed by atoms with van der Waals surface area (Å²) in [5, 5.41) is 11.7. The average Bonchev–Trinajstić information content (AvgIpc) is 2.35. The van der Waals surface area contributed by atoms with E-state index in [-0.39, 0.29) is 0 Å². The zero-order valence-corrected chi connectivity index (χ0v) is 11.7. The number of benzene rings is 2. The van der Waals surface area contributed by atoms with E-state index in [2.05, 4.69) is 0 Å². The molecule has 0 amide bonds. The Labute approximate surface area is 121 Å². The maximum absolute atomic E-state index is 10.1. The van der Waals surface area contributed by atoms with Crippen LogP contribution in [0.4, 0.5) is 0 Å². The number of aliphatic hydroxyl groups excluding tert-OH is 1. The van der Waals surface area contributed by atoms with E-state index in [1.165, 1.54) is 0 Å². The topological polar surface area (TPSA) is 20.2 Å². The highest BCUT2D eigenvalue weighted by molar-refractivity contribution is 6.42. The van der Waals surface area contributed by atoms with Gasteiger partial charge in [0, 0.05) is 11.4 Å². The molecule has 2 aromatic carbocycles. The van der Waals surface area contributed by atoms with Crippen LogP contribution in [0.25, 0.3) is 0 Å². The molecule has 0 aliphatic rings. The maximum atomic E-state index is 10.1. The van der Waals surface area contributed by atoms with Gasteiger partial charge in [-0.1, -0.05) is 53.0 Å². The van der Waals surface area contributed by atoms with Crippen LogP contribution in [-0.4, -0.2) is 5.11 Å². The molecule has 1 nitrogen and oxygen atoms in total. The molecule has 4 heteroatoms. The normalized spacial score (nSPS) is 12.4. The lowest BCUT2D eigenvalue weighted by molar-refractivity contribution is 0.178. The van der Waals surface area contributed by atoms with Crippen molar-refractivity contribution in [2.75, 3.05) is 0 Å². The lowest BCUT2D eigenvalue weighted by Gasteiger charge is -2.12. The molecule has 0 aliphatic heterocycles. The molecule has 1 unspecified atom stereocenters. The largest absolute Gasteiger partial charge is 0.388 e.